The van der Waals surface area contributed by atoms with Crippen LogP contribution in [-0.2, 0) is 4.79 Å². The molecule has 0 radical (unpaired) electrons. The summed E-state index contributed by atoms with van der Waals surface area (Å²) in [6.07, 6.45) is 4.44. The third-order valence-corrected chi connectivity index (χ3v) is 2.88. The molecule has 0 saturated heterocycles. The fourth-order valence-corrected chi connectivity index (χ4v) is 1.81. The highest BCUT2D eigenvalue weighted by Crippen LogP contribution is 2.18. The lowest BCUT2D eigenvalue weighted by Gasteiger charge is -2.26. The monoisotopic (exact) mass is 214 g/mol. The van der Waals surface area contributed by atoms with E-state index in [4.69, 9.17) is 5.73 Å². The van der Waals surface area contributed by atoms with E-state index >= 15 is 0 Å². The minimum absolute atomic E-state index is 0.122. The number of carbonyl (C=O) groups is 1. The zero-order valence-electron chi connectivity index (χ0n) is 9.62. The Morgan fingerprint density at radius 3 is 2.53 bits per heavy atom. The molecule has 1 aliphatic carbocycles. The van der Waals surface area contributed by atoms with E-state index in [1.54, 1.807) is 13.8 Å². The van der Waals surface area contributed by atoms with Crippen molar-refractivity contribution in [2.75, 3.05) is 0 Å². The number of carbonyl (C=O) groups excluding carboxylic acids is 1. The van der Waals surface area contributed by atoms with Crippen LogP contribution < -0.4 is 11.1 Å². The van der Waals surface area contributed by atoms with Crippen molar-refractivity contribution in [3.8, 4) is 0 Å². The molecule has 4 nitrogen and oxygen atoms in total. The van der Waals surface area contributed by atoms with E-state index in [0.717, 1.165) is 32.1 Å². The van der Waals surface area contributed by atoms with Crippen molar-refractivity contribution in [1.29, 1.82) is 0 Å². The van der Waals surface area contributed by atoms with Gasteiger partial charge in [0.25, 0.3) is 0 Å². The van der Waals surface area contributed by atoms with Crippen LogP contribution in [0.5, 0.6) is 0 Å². The van der Waals surface area contributed by atoms with Crippen molar-refractivity contribution in [3.05, 3.63) is 0 Å². The first-order valence-electron chi connectivity index (χ1n) is 5.69. The summed E-state index contributed by atoms with van der Waals surface area (Å²) >= 11 is 0. The first kappa shape index (κ1) is 12.5. The Morgan fingerprint density at radius 2 is 1.93 bits per heavy atom. The number of amides is 1. The lowest BCUT2D eigenvalue weighted by molar-refractivity contribution is -0.126. The normalized spacial score (nSPS) is 28.3. The van der Waals surface area contributed by atoms with Crippen LogP contribution in [0.4, 0.5) is 0 Å². The highest BCUT2D eigenvalue weighted by atomic mass is 16.3. The zero-order valence-corrected chi connectivity index (χ0v) is 9.62. The van der Waals surface area contributed by atoms with Crippen LogP contribution in [0.25, 0.3) is 0 Å². The average molecular weight is 214 g/mol. The molecule has 2 unspecified atom stereocenters. The summed E-state index contributed by atoms with van der Waals surface area (Å²) in [7, 11) is 0. The SMILES string of the molecule is CC(C)(N)C(=O)NC1CCCCCC1O. The first-order valence-corrected chi connectivity index (χ1v) is 5.69. The largest absolute Gasteiger partial charge is 0.391 e. The topological polar surface area (TPSA) is 75.4 Å². The second kappa shape index (κ2) is 4.94. The van der Waals surface area contributed by atoms with E-state index in [1.165, 1.54) is 0 Å². The molecule has 1 amide bonds. The molecular weight excluding hydrogens is 192 g/mol. The molecule has 4 N–H and O–H groups in total. The fraction of sp³-hybridized carbons (Fsp3) is 0.909. The van der Waals surface area contributed by atoms with E-state index in [0.29, 0.717) is 0 Å². The van der Waals surface area contributed by atoms with Gasteiger partial charge in [-0.25, -0.2) is 0 Å². The molecule has 0 aliphatic heterocycles. The Labute approximate surface area is 91.2 Å². The maximum absolute atomic E-state index is 11.6. The fourth-order valence-electron chi connectivity index (χ4n) is 1.81. The smallest absolute Gasteiger partial charge is 0.239 e. The first-order chi connectivity index (χ1) is 6.91. The van der Waals surface area contributed by atoms with Crippen LogP contribution in [0.15, 0.2) is 0 Å². The molecule has 1 aliphatic rings. The third-order valence-electron chi connectivity index (χ3n) is 2.88. The molecule has 1 rings (SSSR count). The van der Waals surface area contributed by atoms with E-state index in [1.807, 2.05) is 0 Å². The van der Waals surface area contributed by atoms with Crippen molar-refractivity contribution in [2.24, 2.45) is 5.73 Å². The summed E-state index contributed by atoms with van der Waals surface area (Å²) in [5.74, 6) is -0.187. The molecule has 1 fully saturated rings. The van der Waals surface area contributed by atoms with Crippen LogP contribution in [0, 0.1) is 0 Å². The maximum atomic E-state index is 11.6. The quantitative estimate of drug-likeness (QED) is 0.587. The van der Waals surface area contributed by atoms with Gasteiger partial charge in [-0.1, -0.05) is 19.3 Å². The number of hydrogen-bond acceptors (Lipinski definition) is 3. The third kappa shape index (κ3) is 3.80. The molecule has 0 bridgehead atoms. The lowest BCUT2D eigenvalue weighted by atomic mass is 10.0. The van der Waals surface area contributed by atoms with Gasteiger partial charge in [-0.05, 0) is 26.7 Å². The van der Waals surface area contributed by atoms with Gasteiger partial charge in [-0.15, -0.1) is 0 Å². The van der Waals surface area contributed by atoms with Gasteiger partial charge in [0.15, 0.2) is 0 Å². The van der Waals surface area contributed by atoms with Crippen LogP contribution in [0.2, 0.25) is 0 Å². The minimum atomic E-state index is -0.869. The molecule has 2 atom stereocenters. The van der Waals surface area contributed by atoms with Gasteiger partial charge < -0.3 is 16.2 Å². The highest BCUT2D eigenvalue weighted by Gasteiger charge is 2.28. The van der Waals surface area contributed by atoms with Crippen LogP contribution in [-0.4, -0.2) is 28.7 Å². The van der Waals surface area contributed by atoms with E-state index in [2.05, 4.69) is 5.32 Å². The Hall–Kier alpha value is -0.610. The van der Waals surface area contributed by atoms with Crippen LogP contribution >= 0.6 is 0 Å². The van der Waals surface area contributed by atoms with Gasteiger partial charge in [-0.2, -0.15) is 0 Å². The van der Waals surface area contributed by atoms with Crippen molar-refractivity contribution < 1.29 is 9.90 Å². The number of rotatable bonds is 2. The van der Waals surface area contributed by atoms with E-state index in [9.17, 15) is 9.90 Å². The van der Waals surface area contributed by atoms with Gasteiger partial charge >= 0.3 is 0 Å². The molecule has 15 heavy (non-hydrogen) atoms. The number of aliphatic hydroxyl groups is 1. The van der Waals surface area contributed by atoms with Crippen molar-refractivity contribution in [3.63, 3.8) is 0 Å². The van der Waals surface area contributed by atoms with Gasteiger partial charge in [0.2, 0.25) is 5.91 Å². The molecule has 0 heterocycles. The summed E-state index contributed by atoms with van der Waals surface area (Å²) < 4.78 is 0. The Kier molecular flexibility index (Phi) is 4.11. The predicted molar refractivity (Wildman–Crippen MR) is 59.3 cm³/mol. The summed E-state index contributed by atoms with van der Waals surface area (Å²) in [5, 5.41) is 12.6. The summed E-state index contributed by atoms with van der Waals surface area (Å²) in [6, 6.07) is -0.122. The van der Waals surface area contributed by atoms with Gasteiger partial charge in [0, 0.05) is 0 Å². The number of nitrogens with one attached hydrogen (secondary N) is 1. The molecule has 1 saturated carbocycles. The molecular formula is C11H22N2O2. The summed E-state index contributed by atoms with van der Waals surface area (Å²) in [4.78, 5) is 11.6. The van der Waals surface area contributed by atoms with Gasteiger partial charge in [-0.3, -0.25) is 4.79 Å². The minimum Gasteiger partial charge on any atom is -0.391 e. The van der Waals surface area contributed by atoms with Crippen molar-refractivity contribution in [1.82, 2.24) is 5.32 Å². The van der Waals surface area contributed by atoms with E-state index in [-0.39, 0.29) is 11.9 Å². The van der Waals surface area contributed by atoms with Gasteiger partial charge in [0.05, 0.1) is 17.7 Å². The second-order valence-electron chi connectivity index (χ2n) is 5.01. The molecule has 0 aromatic rings. The molecule has 4 heteroatoms. The maximum Gasteiger partial charge on any atom is 0.239 e. The molecule has 0 aromatic heterocycles. The average Bonchev–Trinajstić information content (AvgIpc) is 2.30. The lowest BCUT2D eigenvalue weighted by Crippen LogP contribution is -2.54. The van der Waals surface area contributed by atoms with Gasteiger partial charge in [0.1, 0.15) is 0 Å². The molecule has 0 spiro atoms. The Morgan fingerprint density at radius 1 is 1.33 bits per heavy atom. The van der Waals surface area contributed by atoms with Crippen molar-refractivity contribution in [2.45, 2.75) is 63.6 Å². The number of hydrogen-bond donors (Lipinski definition) is 3. The van der Waals surface area contributed by atoms with Crippen LogP contribution in [0.1, 0.15) is 46.0 Å². The predicted octanol–water partition coefficient (Wildman–Crippen LogP) is 0.533. The Bertz CT molecular complexity index is 223. The summed E-state index contributed by atoms with van der Waals surface area (Å²) in [6.45, 7) is 3.34. The second-order valence-corrected chi connectivity index (χ2v) is 5.01. The van der Waals surface area contributed by atoms with Crippen LogP contribution in [0.3, 0.4) is 0 Å². The Balaban J connectivity index is 2.52. The highest BCUT2D eigenvalue weighted by molar-refractivity contribution is 5.85. The molecule has 88 valence electrons. The number of nitrogens with two attached hydrogens (primary N) is 1. The summed E-state index contributed by atoms with van der Waals surface area (Å²) in [5.41, 5.74) is 4.82. The molecule has 0 aromatic carbocycles. The van der Waals surface area contributed by atoms with E-state index < -0.39 is 11.6 Å². The standard InChI is InChI=1S/C11H22N2O2/c1-11(2,12)10(15)13-8-6-4-3-5-7-9(8)14/h8-9,14H,3-7,12H2,1-2H3,(H,13,15). The number of aliphatic hydroxyl groups excluding tert-OH is 1. The van der Waals surface area contributed by atoms with Crippen molar-refractivity contribution >= 4 is 5.91 Å². The zero-order chi connectivity index (χ0) is 11.5.